The first kappa shape index (κ1) is 11.3. The fourth-order valence-corrected chi connectivity index (χ4v) is 1.24. The number of carbonyl (C=O) groups excluding carboxylic acids is 1. The highest BCUT2D eigenvalue weighted by Crippen LogP contribution is 2.12. The minimum atomic E-state index is 0.431. The van der Waals surface area contributed by atoms with Crippen LogP contribution in [0.4, 0.5) is 0 Å². The summed E-state index contributed by atoms with van der Waals surface area (Å²) in [5, 5.41) is 3.16. The molecule has 0 aromatic heterocycles. The minimum Gasteiger partial charge on any atom is -0.468 e. The monoisotopic (exact) mass is 205 g/mol. The van der Waals surface area contributed by atoms with Crippen LogP contribution in [0.15, 0.2) is 30.5 Å². The third kappa shape index (κ3) is 3.85. The lowest BCUT2D eigenvalue weighted by Gasteiger charge is -2.10. The number of rotatable bonds is 2. The summed E-state index contributed by atoms with van der Waals surface area (Å²) in [6.07, 6.45) is 4.08. The Labute approximate surface area is 89.8 Å². The maximum Gasteiger partial charge on any atom is 0.293 e. The number of benzene rings is 1. The van der Waals surface area contributed by atoms with Crippen LogP contribution in [0.2, 0.25) is 0 Å². The van der Waals surface area contributed by atoms with E-state index in [2.05, 4.69) is 40.4 Å². The van der Waals surface area contributed by atoms with Gasteiger partial charge in [0.15, 0.2) is 0 Å². The molecule has 0 spiro atoms. The fourth-order valence-electron chi connectivity index (χ4n) is 1.24. The van der Waals surface area contributed by atoms with Crippen molar-refractivity contribution in [3.05, 3.63) is 41.6 Å². The van der Waals surface area contributed by atoms with Crippen molar-refractivity contribution >= 4 is 12.5 Å². The first-order valence-corrected chi connectivity index (χ1v) is 4.91. The molecule has 0 radical (unpaired) electrons. The Morgan fingerprint density at radius 3 is 2.87 bits per heavy atom. The maximum atomic E-state index is 9.18. The molecule has 0 bridgehead atoms. The molecule has 1 aliphatic heterocycles. The van der Waals surface area contributed by atoms with Gasteiger partial charge in [-0.2, -0.15) is 0 Å². The highest BCUT2D eigenvalue weighted by molar-refractivity contribution is 5.55. The molecule has 3 heteroatoms. The van der Waals surface area contributed by atoms with Crippen LogP contribution in [-0.2, 0) is 16.1 Å². The number of hydrogen-bond donors (Lipinski definition) is 1. The van der Waals surface area contributed by atoms with Gasteiger partial charge in [0.25, 0.3) is 6.47 Å². The molecule has 0 amide bonds. The van der Waals surface area contributed by atoms with E-state index in [0.717, 1.165) is 6.54 Å². The summed E-state index contributed by atoms with van der Waals surface area (Å²) in [7, 11) is 0. The third-order valence-electron chi connectivity index (χ3n) is 1.96. The molecule has 3 nitrogen and oxygen atoms in total. The van der Waals surface area contributed by atoms with Gasteiger partial charge in [-0.05, 0) is 30.3 Å². The standard InChI is InChI=1S/C9H9N.C3H6O2/c1-2-4-9-7-10-6-5-8(9)3-1;1-2-5-3-4/h1-6,10H,7H2;3H,2H2,1H3. The molecule has 1 aliphatic rings. The van der Waals surface area contributed by atoms with Crippen LogP contribution in [0, 0.1) is 0 Å². The lowest BCUT2D eigenvalue weighted by atomic mass is 10.1. The molecule has 0 atom stereocenters. The summed E-state index contributed by atoms with van der Waals surface area (Å²) < 4.78 is 4.15. The van der Waals surface area contributed by atoms with Crippen LogP contribution in [0.3, 0.4) is 0 Å². The number of hydrogen-bond acceptors (Lipinski definition) is 3. The van der Waals surface area contributed by atoms with E-state index in [4.69, 9.17) is 0 Å². The van der Waals surface area contributed by atoms with Crippen LogP contribution < -0.4 is 5.32 Å². The molecule has 0 fully saturated rings. The minimum absolute atomic E-state index is 0.431. The van der Waals surface area contributed by atoms with Gasteiger partial charge in [-0.3, -0.25) is 4.79 Å². The predicted molar refractivity (Wildman–Crippen MR) is 60.0 cm³/mol. The summed E-state index contributed by atoms with van der Waals surface area (Å²) in [6.45, 7) is 3.63. The van der Waals surface area contributed by atoms with E-state index in [-0.39, 0.29) is 0 Å². The summed E-state index contributed by atoms with van der Waals surface area (Å²) in [6, 6.07) is 8.41. The molecule has 2 rings (SSSR count). The Kier molecular flexibility index (Phi) is 5.01. The van der Waals surface area contributed by atoms with Gasteiger partial charge in [-0.1, -0.05) is 24.3 Å². The summed E-state index contributed by atoms with van der Waals surface area (Å²) in [5.74, 6) is 0. The SMILES string of the molecule is C1=Cc2ccccc2CN1.CCOC=O. The highest BCUT2D eigenvalue weighted by atomic mass is 16.5. The van der Waals surface area contributed by atoms with Crippen molar-refractivity contribution in [1.82, 2.24) is 5.32 Å². The molecule has 1 heterocycles. The zero-order valence-corrected chi connectivity index (χ0v) is 8.77. The van der Waals surface area contributed by atoms with E-state index >= 15 is 0 Å². The molecule has 1 N–H and O–H groups in total. The largest absolute Gasteiger partial charge is 0.468 e. The van der Waals surface area contributed by atoms with E-state index in [1.54, 1.807) is 6.92 Å². The first-order chi connectivity index (χ1) is 7.38. The second kappa shape index (κ2) is 6.65. The number of fused-ring (bicyclic) bond motifs is 1. The lowest BCUT2D eigenvalue weighted by molar-refractivity contribution is -0.128. The number of carbonyl (C=O) groups is 1. The molecule has 0 saturated carbocycles. The Hall–Kier alpha value is -1.77. The van der Waals surface area contributed by atoms with Gasteiger partial charge in [0, 0.05) is 6.54 Å². The highest BCUT2D eigenvalue weighted by Gasteiger charge is 1.99. The summed E-state index contributed by atoms with van der Waals surface area (Å²) in [5.41, 5.74) is 2.71. The van der Waals surface area contributed by atoms with E-state index < -0.39 is 0 Å². The number of nitrogens with one attached hydrogen (secondary N) is 1. The molecule has 80 valence electrons. The molecule has 0 saturated heterocycles. The normalized spacial score (nSPS) is 11.5. The van der Waals surface area contributed by atoms with Gasteiger partial charge < -0.3 is 10.1 Å². The van der Waals surface area contributed by atoms with Gasteiger partial charge in [0.2, 0.25) is 0 Å². The van der Waals surface area contributed by atoms with Crippen molar-refractivity contribution in [3.8, 4) is 0 Å². The predicted octanol–water partition coefficient (Wildman–Crippen LogP) is 1.94. The average molecular weight is 205 g/mol. The van der Waals surface area contributed by atoms with Crippen molar-refractivity contribution in [1.29, 1.82) is 0 Å². The molecular formula is C12H15NO2. The van der Waals surface area contributed by atoms with Crippen LogP contribution >= 0.6 is 0 Å². The van der Waals surface area contributed by atoms with E-state index in [0.29, 0.717) is 13.1 Å². The lowest BCUT2D eigenvalue weighted by Crippen LogP contribution is -2.09. The van der Waals surface area contributed by atoms with Crippen molar-refractivity contribution in [2.75, 3.05) is 6.61 Å². The van der Waals surface area contributed by atoms with E-state index in [1.807, 2.05) is 6.20 Å². The van der Waals surface area contributed by atoms with Crippen molar-refractivity contribution < 1.29 is 9.53 Å². The van der Waals surface area contributed by atoms with Crippen molar-refractivity contribution in [2.45, 2.75) is 13.5 Å². The molecule has 15 heavy (non-hydrogen) atoms. The van der Waals surface area contributed by atoms with Crippen molar-refractivity contribution in [2.24, 2.45) is 0 Å². The van der Waals surface area contributed by atoms with Gasteiger partial charge in [0.05, 0.1) is 6.61 Å². The average Bonchev–Trinajstić information content (AvgIpc) is 2.31. The molecule has 0 aliphatic carbocycles. The summed E-state index contributed by atoms with van der Waals surface area (Å²) >= 11 is 0. The molecule has 0 unspecified atom stereocenters. The van der Waals surface area contributed by atoms with Crippen LogP contribution in [-0.4, -0.2) is 13.1 Å². The molecular weight excluding hydrogens is 190 g/mol. The Bertz CT molecular complexity index is 334. The smallest absolute Gasteiger partial charge is 0.293 e. The van der Waals surface area contributed by atoms with Gasteiger partial charge >= 0.3 is 0 Å². The Morgan fingerprint density at radius 1 is 1.47 bits per heavy atom. The van der Waals surface area contributed by atoms with Gasteiger partial charge in [0.1, 0.15) is 0 Å². The molecule has 1 aromatic rings. The van der Waals surface area contributed by atoms with Crippen molar-refractivity contribution in [3.63, 3.8) is 0 Å². The Balaban J connectivity index is 0.000000195. The van der Waals surface area contributed by atoms with E-state index in [9.17, 15) is 4.79 Å². The van der Waals surface area contributed by atoms with E-state index in [1.165, 1.54) is 11.1 Å². The number of ether oxygens (including phenoxy) is 1. The van der Waals surface area contributed by atoms with Crippen LogP contribution in [0.25, 0.3) is 6.08 Å². The first-order valence-electron chi connectivity index (χ1n) is 4.91. The molecule has 1 aromatic carbocycles. The zero-order valence-electron chi connectivity index (χ0n) is 8.77. The second-order valence-corrected chi connectivity index (χ2v) is 2.96. The topological polar surface area (TPSA) is 38.3 Å². The van der Waals surface area contributed by atoms with Crippen LogP contribution in [0.5, 0.6) is 0 Å². The van der Waals surface area contributed by atoms with Gasteiger partial charge in [-0.25, -0.2) is 0 Å². The quantitative estimate of drug-likeness (QED) is 0.750. The fraction of sp³-hybridized carbons (Fsp3) is 0.250. The Morgan fingerprint density at radius 2 is 2.27 bits per heavy atom. The third-order valence-corrected chi connectivity index (χ3v) is 1.96. The van der Waals surface area contributed by atoms with Crippen LogP contribution in [0.1, 0.15) is 18.1 Å². The van der Waals surface area contributed by atoms with Gasteiger partial charge in [-0.15, -0.1) is 0 Å². The summed E-state index contributed by atoms with van der Waals surface area (Å²) in [4.78, 5) is 9.18. The zero-order chi connectivity index (χ0) is 10.9. The maximum absolute atomic E-state index is 9.18. The second-order valence-electron chi connectivity index (χ2n) is 2.96.